The van der Waals surface area contributed by atoms with E-state index in [4.69, 9.17) is 4.74 Å². The number of ether oxygens (including phenoxy) is 1. The average molecular weight is 406 g/mol. The molecule has 0 N–H and O–H groups in total. The second-order valence-corrected chi connectivity index (χ2v) is 8.71. The molecule has 1 amide bonds. The summed E-state index contributed by atoms with van der Waals surface area (Å²) in [6, 6.07) is 13.4. The van der Waals surface area contributed by atoms with Crippen molar-refractivity contribution in [3.8, 4) is 11.3 Å². The SMILES string of the molecule is CN(C(=O)OC(C)(C)C)c1ccc(-c2cccc3nc(CC(=O)C4CC4)nn23)cc1. The Morgan fingerprint density at radius 3 is 2.47 bits per heavy atom. The number of benzene rings is 1. The molecule has 2 heterocycles. The Balaban J connectivity index is 1.57. The summed E-state index contributed by atoms with van der Waals surface area (Å²) < 4.78 is 7.19. The van der Waals surface area contributed by atoms with Gasteiger partial charge in [0.05, 0.1) is 12.1 Å². The normalized spacial score (nSPS) is 14.0. The van der Waals surface area contributed by atoms with Crippen LogP contribution in [-0.2, 0) is 16.0 Å². The first-order chi connectivity index (χ1) is 14.2. The van der Waals surface area contributed by atoms with Crippen LogP contribution in [0.1, 0.15) is 39.4 Å². The van der Waals surface area contributed by atoms with Crippen LogP contribution in [0, 0.1) is 5.92 Å². The van der Waals surface area contributed by atoms with E-state index >= 15 is 0 Å². The fourth-order valence-corrected chi connectivity index (χ4v) is 3.24. The molecule has 30 heavy (non-hydrogen) atoms. The van der Waals surface area contributed by atoms with Crippen LogP contribution in [0.3, 0.4) is 0 Å². The zero-order valence-corrected chi connectivity index (χ0v) is 17.8. The quantitative estimate of drug-likeness (QED) is 0.632. The highest BCUT2D eigenvalue weighted by Gasteiger charge is 2.30. The summed E-state index contributed by atoms with van der Waals surface area (Å²) in [6.07, 6.45) is 1.85. The third-order valence-corrected chi connectivity index (χ3v) is 4.99. The van der Waals surface area contributed by atoms with E-state index in [1.54, 1.807) is 11.6 Å². The molecule has 7 heteroatoms. The molecule has 1 fully saturated rings. The third-order valence-electron chi connectivity index (χ3n) is 4.99. The first-order valence-corrected chi connectivity index (χ1v) is 10.2. The number of anilines is 1. The number of Topliss-reactive ketones (excluding diaryl/α,β-unsaturated/α-hetero) is 1. The summed E-state index contributed by atoms with van der Waals surface area (Å²) in [7, 11) is 1.68. The van der Waals surface area contributed by atoms with Crippen molar-refractivity contribution in [2.45, 2.75) is 45.6 Å². The molecule has 0 radical (unpaired) electrons. The molecule has 7 nitrogen and oxygen atoms in total. The average Bonchev–Trinajstić information content (AvgIpc) is 3.46. The van der Waals surface area contributed by atoms with Gasteiger partial charge in [-0.1, -0.05) is 18.2 Å². The maximum absolute atomic E-state index is 12.3. The molecule has 0 bridgehead atoms. The van der Waals surface area contributed by atoms with Crippen LogP contribution in [0.15, 0.2) is 42.5 Å². The summed E-state index contributed by atoms with van der Waals surface area (Å²) in [5.41, 5.74) is 2.70. The Labute approximate surface area is 175 Å². The molecule has 4 rings (SSSR count). The van der Waals surface area contributed by atoms with E-state index < -0.39 is 11.7 Å². The van der Waals surface area contributed by atoms with E-state index in [1.165, 1.54) is 4.90 Å². The van der Waals surface area contributed by atoms with Gasteiger partial charge in [0, 0.05) is 24.2 Å². The molecule has 0 atom stereocenters. The predicted molar refractivity (Wildman–Crippen MR) is 114 cm³/mol. The Hall–Kier alpha value is -3.22. The molecule has 3 aromatic rings. The maximum atomic E-state index is 12.3. The molecule has 0 spiro atoms. The lowest BCUT2D eigenvalue weighted by molar-refractivity contribution is -0.119. The van der Waals surface area contributed by atoms with Crippen LogP contribution >= 0.6 is 0 Å². The second kappa shape index (κ2) is 7.55. The van der Waals surface area contributed by atoms with Crippen LogP contribution in [0.25, 0.3) is 16.9 Å². The number of amides is 1. The van der Waals surface area contributed by atoms with Crippen molar-refractivity contribution >= 4 is 23.2 Å². The number of fused-ring (bicyclic) bond motifs is 1. The van der Waals surface area contributed by atoms with Crippen LogP contribution < -0.4 is 4.90 Å². The van der Waals surface area contributed by atoms with E-state index in [9.17, 15) is 9.59 Å². The highest BCUT2D eigenvalue weighted by atomic mass is 16.6. The smallest absolute Gasteiger partial charge is 0.414 e. The Kier molecular flexibility index (Phi) is 5.05. The van der Waals surface area contributed by atoms with Gasteiger partial charge in [-0.25, -0.2) is 14.3 Å². The largest absolute Gasteiger partial charge is 0.443 e. The minimum absolute atomic E-state index is 0.200. The van der Waals surface area contributed by atoms with Crippen molar-refractivity contribution in [2.24, 2.45) is 5.92 Å². The van der Waals surface area contributed by atoms with Crippen LogP contribution in [-0.4, -0.2) is 39.1 Å². The molecule has 1 aliphatic rings. The van der Waals surface area contributed by atoms with Gasteiger partial charge in [-0.15, -0.1) is 0 Å². The van der Waals surface area contributed by atoms with Crippen LogP contribution in [0.5, 0.6) is 0 Å². The van der Waals surface area contributed by atoms with Crippen LogP contribution in [0.4, 0.5) is 10.5 Å². The molecule has 0 aliphatic heterocycles. The maximum Gasteiger partial charge on any atom is 0.414 e. The zero-order valence-electron chi connectivity index (χ0n) is 17.8. The molecular formula is C23H26N4O3. The number of ketones is 1. The van der Waals surface area contributed by atoms with Gasteiger partial charge >= 0.3 is 6.09 Å². The standard InChI is InChI=1S/C23H26N4O3/c1-23(2,3)30-22(29)26(4)17-12-10-15(11-13-17)18-6-5-7-21-24-20(25-27(18)21)14-19(28)16-8-9-16/h5-7,10-13,16H,8-9,14H2,1-4H3. The van der Waals surface area contributed by atoms with Gasteiger partial charge in [0.25, 0.3) is 0 Å². The van der Waals surface area contributed by atoms with E-state index in [2.05, 4.69) is 10.1 Å². The third kappa shape index (κ3) is 4.35. The van der Waals surface area contributed by atoms with E-state index in [0.717, 1.165) is 29.8 Å². The van der Waals surface area contributed by atoms with Crippen molar-refractivity contribution in [1.82, 2.24) is 14.6 Å². The number of nitrogens with zero attached hydrogens (tertiary/aromatic N) is 4. The van der Waals surface area contributed by atoms with Crippen molar-refractivity contribution in [2.75, 3.05) is 11.9 Å². The summed E-state index contributed by atoms with van der Waals surface area (Å²) >= 11 is 0. The van der Waals surface area contributed by atoms with Gasteiger partial charge in [0.1, 0.15) is 11.4 Å². The van der Waals surface area contributed by atoms with Crippen molar-refractivity contribution < 1.29 is 14.3 Å². The first kappa shape index (κ1) is 20.1. The van der Waals surface area contributed by atoms with E-state index in [-0.39, 0.29) is 18.1 Å². The number of aromatic nitrogens is 3. The van der Waals surface area contributed by atoms with Gasteiger partial charge in [0.15, 0.2) is 11.5 Å². The molecule has 0 unspecified atom stereocenters. The van der Waals surface area contributed by atoms with E-state index in [1.807, 2.05) is 63.2 Å². The second-order valence-electron chi connectivity index (χ2n) is 8.71. The molecule has 1 aromatic carbocycles. The number of pyridine rings is 1. The van der Waals surface area contributed by atoms with Crippen LogP contribution in [0.2, 0.25) is 0 Å². The highest BCUT2D eigenvalue weighted by molar-refractivity contribution is 5.87. The first-order valence-electron chi connectivity index (χ1n) is 10.2. The highest BCUT2D eigenvalue weighted by Crippen LogP contribution is 2.31. The monoisotopic (exact) mass is 406 g/mol. The van der Waals surface area contributed by atoms with Crippen molar-refractivity contribution in [1.29, 1.82) is 0 Å². The van der Waals surface area contributed by atoms with Gasteiger partial charge in [-0.3, -0.25) is 9.69 Å². The lowest BCUT2D eigenvalue weighted by Gasteiger charge is -2.24. The van der Waals surface area contributed by atoms with Gasteiger partial charge < -0.3 is 4.74 Å². The molecule has 1 saturated carbocycles. The summed E-state index contributed by atoms with van der Waals surface area (Å²) in [4.78, 5) is 30.4. The molecule has 0 saturated heterocycles. The lowest BCUT2D eigenvalue weighted by Crippen LogP contribution is -2.34. The fourth-order valence-electron chi connectivity index (χ4n) is 3.24. The van der Waals surface area contributed by atoms with Gasteiger partial charge in [-0.05, 0) is 57.9 Å². The zero-order chi connectivity index (χ0) is 21.5. The Morgan fingerprint density at radius 2 is 1.83 bits per heavy atom. The minimum Gasteiger partial charge on any atom is -0.443 e. The summed E-state index contributed by atoms with van der Waals surface area (Å²) in [5, 5.41) is 4.57. The number of hydrogen-bond donors (Lipinski definition) is 0. The number of carbonyl (C=O) groups is 2. The molecule has 1 aliphatic carbocycles. The van der Waals surface area contributed by atoms with Gasteiger partial charge in [0.2, 0.25) is 0 Å². The number of rotatable bonds is 5. The lowest BCUT2D eigenvalue weighted by atomic mass is 10.1. The number of hydrogen-bond acceptors (Lipinski definition) is 5. The van der Waals surface area contributed by atoms with Gasteiger partial charge in [-0.2, -0.15) is 5.10 Å². The van der Waals surface area contributed by atoms with E-state index in [0.29, 0.717) is 11.5 Å². The molecular weight excluding hydrogens is 380 g/mol. The molecule has 2 aromatic heterocycles. The Morgan fingerprint density at radius 1 is 1.13 bits per heavy atom. The summed E-state index contributed by atoms with van der Waals surface area (Å²) in [6.45, 7) is 5.52. The number of carbonyl (C=O) groups excluding carboxylic acids is 2. The van der Waals surface area contributed by atoms with Crippen molar-refractivity contribution in [3.63, 3.8) is 0 Å². The predicted octanol–water partition coefficient (Wildman–Crippen LogP) is 4.29. The minimum atomic E-state index is -0.549. The fraction of sp³-hybridized carbons (Fsp3) is 0.391. The molecule has 156 valence electrons. The summed E-state index contributed by atoms with van der Waals surface area (Å²) in [5.74, 6) is 0.980. The van der Waals surface area contributed by atoms with Crippen molar-refractivity contribution in [3.05, 3.63) is 48.3 Å². The topological polar surface area (TPSA) is 76.8 Å². The Bertz CT molecular complexity index is 1090.